The topological polar surface area (TPSA) is 48.3 Å². The second kappa shape index (κ2) is 5.17. The fraction of sp³-hybridized carbons (Fsp3) is 0.400. The van der Waals surface area contributed by atoms with Gasteiger partial charge in [-0.15, -0.1) is 0 Å². The molecular weight excluding hydrogens is 254 g/mol. The smallest absolute Gasteiger partial charge is 0.129 e. The Morgan fingerprint density at radius 1 is 1.45 bits per heavy atom. The number of hydrogen-bond acceptors (Lipinski definition) is 4. The van der Waals surface area contributed by atoms with Gasteiger partial charge in [0.25, 0.3) is 0 Å². The van der Waals surface area contributed by atoms with Crippen LogP contribution in [0.1, 0.15) is 29.7 Å². The number of hydrogen-bond donors (Lipinski definition) is 1. The molecule has 2 atom stereocenters. The van der Waals surface area contributed by atoms with Gasteiger partial charge in [0.05, 0.1) is 13.3 Å². The van der Waals surface area contributed by atoms with Crippen molar-refractivity contribution in [3.63, 3.8) is 0 Å². The summed E-state index contributed by atoms with van der Waals surface area (Å²) in [7, 11) is 5.57. The quantitative estimate of drug-likeness (QED) is 0.931. The minimum Gasteiger partial charge on any atom is -0.497 e. The van der Waals surface area contributed by atoms with Gasteiger partial charge in [0, 0.05) is 36.8 Å². The van der Waals surface area contributed by atoms with Crippen LogP contribution < -0.4 is 14.8 Å². The van der Waals surface area contributed by atoms with Gasteiger partial charge in [0.15, 0.2) is 0 Å². The number of rotatable bonds is 3. The molecule has 1 aromatic heterocycles. The number of nitrogens with zero attached hydrogens (tertiary/aromatic N) is 2. The number of benzene rings is 1. The zero-order valence-electron chi connectivity index (χ0n) is 12.0. The Hall–Kier alpha value is -2.01. The highest BCUT2D eigenvalue weighted by Gasteiger charge is 2.29. The van der Waals surface area contributed by atoms with Gasteiger partial charge in [0.2, 0.25) is 0 Å². The molecule has 0 spiro atoms. The first-order chi connectivity index (χ1) is 9.71. The summed E-state index contributed by atoms with van der Waals surface area (Å²) in [5, 5.41) is 7.58. The van der Waals surface area contributed by atoms with E-state index in [-0.39, 0.29) is 12.1 Å². The number of fused-ring (bicyclic) bond motifs is 1. The third kappa shape index (κ3) is 2.25. The summed E-state index contributed by atoms with van der Waals surface area (Å²) < 4.78 is 13.2. The molecule has 0 saturated carbocycles. The average molecular weight is 273 g/mol. The lowest BCUT2D eigenvalue weighted by Crippen LogP contribution is -2.26. The zero-order valence-corrected chi connectivity index (χ0v) is 12.0. The van der Waals surface area contributed by atoms with Crippen molar-refractivity contribution in [2.45, 2.75) is 18.6 Å². The van der Waals surface area contributed by atoms with Crippen molar-refractivity contribution < 1.29 is 9.47 Å². The van der Waals surface area contributed by atoms with Crippen molar-refractivity contribution in [1.29, 1.82) is 0 Å². The highest BCUT2D eigenvalue weighted by molar-refractivity contribution is 5.44. The predicted molar refractivity (Wildman–Crippen MR) is 76.0 cm³/mol. The van der Waals surface area contributed by atoms with Crippen LogP contribution in [-0.4, -0.2) is 23.9 Å². The Labute approximate surface area is 118 Å². The van der Waals surface area contributed by atoms with E-state index in [0.29, 0.717) is 0 Å². The van der Waals surface area contributed by atoms with Crippen molar-refractivity contribution in [1.82, 2.24) is 15.1 Å². The molecule has 0 saturated heterocycles. The number of aryl methyl sites for hydroxylation is 1. The van der Waals surface area contributed by atoms with Crippen molar-refractivity contribution in [2.75, 3.05) is 14.2 Å². The molecular formula is C15H19N3O2. The van der Waals surface area contributed by atoms with Gasteiger partial charge in [-0.2, -0.15) is 5.10 Å². The van der Waals surface area contributed by atoms with Crippen molar-refractivity contribution in [3.8, 4) is 11.5 Å². The maximum atomic E-state index is 6.11. The molecule has 20 heavy (non-hydrogen) atoms. The van der Waals surface area contributed by atoms with Crippen LogP contribution in [0.2, 0.25) is 0 Å². The molecule has 1 aliphatic heterocycles. The van der Waals surface area contributed by atoms with Gasteiger partial charge >= 0.3 is 0 Å². The molecule has 106 valence electrons. The number of aromatic nitrogens is 2. The van der Waals surface area contributed by atoms with Crippen LogP contribution in [0.15, 0.2) is 30.6 Å². The third-order valence-corrected chi connectivity index (χ3v) is 3.76. The Morgan fingerprint density at radius 2 is 2.30 bits per heavy atom. The minimum atomic E-state index is 0.0297. The second-order valence-corrected chi connectivity index (χ2v) is 5.03. The van der Waals surface area contributed by atoms with E-state index < -0.39 is 0 Å². The third-order valence-electron chi connectivity index (χ3n) is 3.76. The minimum absolute atomic E-state index is 0.0297. The maximum absolute atomic E-state index is 6.11. The fourth-order valence-corrected chi connectivity index (χ4v) is 2.66. The SMILES string of the molecule is CNC1CC(c2cnn(C)c2)Oc2ccc(OC)cc21. The van der Waals surface area contributed by atoms with Gasteiger partial charge in [-0.05, 0) is 25.2 Å². The molecule has 5 heteroatoms. The molecule has 1 aliphatic rings. The van der Waals surface area contributed by atoms with E-state index in [1.165, 1.54) is 0 Å². The van der Waals surface area contributed by atoms with E-state index in [1.54, 1.807) is 11.8 Å². The van der Waals surface area contributed by atoms with Crippen LogP contribution >= 0.6 is 0 Å². The first-order valence-electron chi connectivity index (χ1n) is 6.71. The average Bonchev–Trinajstić information content (AvgIpc) is 2.92. The number of methoxy groups -OCH3 is 1. The van der Waals surface area contributed by atoms with E-state index in [1.807, 2.05) is 44.7 Å². The van der Waals surface area contributed by atoms with Gasteiger partial charge < -0.3 is 14.8 Å². The molecule has 0 fully saturated rings. The van der Waals surface area contributed by atoms with Gasteiger partial charge in [-0.3, -0.25) is 4.68 Å². The lowest BCUT2D eigenvalue weighted by molar-refractivity contribution is 0.153. The van der Waals surface area contributed by atoms with Gasteiger partial charge in [0.1, 0.15) is 17.6 Å². The van der Waals surface area contributed by atoms with Crippen LogP contribution in [0.4, 0.5) is 0 Å². The summed E-state index contributed by atoms with van der Waals surface area (Å²) >= 11 is 0. The number of ether oxygens (including phenoxy) is 2. The molecule has 0 bridgehead atoms. The summed E-state index contributed by atoms with van der Waals surface area (Å²) in [5.41, 5.74) is 2.25. The molecule has 1 N–H and O–H groups in total. The summed E-state index contributed by atoms with van der Waals surface area (Å²) in [6, 6.07) is 6.19. The first-order valence-corrected chi connectivity index (χ1v) is 6.71. The predicted octanol–water partition coefficient (Wildman–Crippen LogP) is 2.21. The Balaban J connectivity index is 1.94. The van der Waals surface area contributed by atoms with Crippen molar-refractivity contribution in [3.05, 3.63) is 41.7 Å². The monoisotopic (exact) mass is 273 g/mol. The van der Waals surface area contributed by atoms with E-state index in [2.05, 4.69) is 10.4 Å². The van der Waals surface area contributed by atoms with Crippen LogP contribution in [-0.2, 0) is 7.05 Å². The molecule has 0 aliphatic carbocycles. The molecule has 2 aromatic rings. The van der Waals surface area contributed by atoms with Crippen LogP contribution in [0.5, 0.6) is 11.5 Å². The lowest BCUT2D eigenvalue weighted by atomic mass is 9.94. The van der Waals surface area contributed by atoms with Crippen molar-refractivity contribution in [2.24, 2.45) is 7.05 Å². The van der Waals surface area contributed by atoms with E-state index in [9.17, 15) is 0 Å². The zero-order chi connectivity index (χ0) is 14.1. The number of nitrogens with one attached hydrogen (secondary N) is 1. The van der Waals surface area contributed by atoms with E-state index >= 15 is 0 Å². The van der Waals surface area contributed by atoms with Gasteiger partial charge in [-0.25, -0.2) is 0 Å². The lowest BCUT2D eigenvalue weighted by Gasteiger charge is -2.32. The van der Waals surface area contributed by atoms with Crippen LogP contribution in [0.25, 0.3) is 0 Å². The Kier molecular flexibility index (Phi) is 3.36. The van der Waals surface area contributed by atoms with E-state index in [4.69, 9.17) is 9.47 Å². The summed E-state index contributed by atoms with van der Waals surface area (Å²) in [4.78, 5) is 0. The van der Waals surface area contributed by atoms with Crippen LogP contribution in [0, 0.1) is 0 Å². The first kappa shape index (κ1) is 13.0. The maximum Gasteiger partial charge on any atom is 0.129 e. The normalized spacial score (nSPS) is 21.1. The molecule has 3 rings (SSSR count). The second-order valence-electron chi connectivity index (χ2n) is 5.03. The highest BCUT2D eigenvalue weighted by Crippen LogP contribution is 2.41. The fourth-order valence-electron chi connectivity index (χ4n) is 2.66. The Bertz CT molecular complexity index is 609. The van der Waals surface area contributed by atoms with Gasteiger partial charge in [-0.1, -0.05) is 0 Å². The van der Waals surface area contributed by atoms with Crippen molar-refractivity contribution >= 4 is 0 Å². The highest BCUT2D eigenvalue weighted by atomic mass is 16.5. The van der Waals surface area contributed by atoms with E-state index in [0.717, 1.165) is 29.0 Å². The standard InChI is InChI=1S/C15H19N3O2/c1-16-13-7-15(10-8-17-18(2)9-10)20-14-5-4-11(19-3)6-12(13)14/h4-6,8-9,13,15-16H,7H2,1-3H3. The molecule has 0 radical (unpaired) electrons. The molecule has 2 unspecified atom stereocenters. The Morgan fingerprint density at radius 3 is 2.95 bits per heavy atom. The molecule has 1 aromatic carbocycles. The summed E-state index contributed by atoms with van der Waals surface area (Å²) in [5.74, 6) is 1.76. The van der Waals surface area contributed by atoms with Crippen LogP contribution in [0.3, 0.4) is 0 Å². The largest absolute Gasteiger partial charge is 0.497 e. The summed E-state index contributed by atoms with van der Waals surface area (Å²) in [6.07, 6.45) is 4.78. The molecule has 0 amide bonds. The molecule has 5 nitrogen and oxygen atoms in total. The molecule has 2 heterocycles. The summed E-state index contributed by atoms with van der Waals surface area (Å²) in [6.45, 7) is 0.